The molecule has 0 amide bonds. The fourth-order valence-electron chi connectivity index (χ4n) is 5.10. The van der Waals surface area contributed by atoms with Gasteiger partial charge in [0.15, 0.2) is 0 Å². The summed E-state index contributed by atoms with van der Waals surface area (Å²) in [5, 5.41) is 0. The molecule has 0 radical (unpaired) electrons. The predicted octanol–water partition coefficient (Wildman–Crippen LogP) is 3.44. The highest BCUT2D eigenvalue weighted by molar-refractivity contribution is 7.88. The van der Waals surface area contributed by atoms with Crippen molar-refractivity contribution in [3.63, 3.8) is 0 Å². The molecule has 1 aliphatic carbocycles. The third-order valence-corrected chi connectivity index (χ3v) is 7.49. The van der Waals surface area contributed by atoms with Crippen molar-refractivity contribution >= 4 is 10.0 Å². The number of nitrogens with zero attached hydrogens (tertiary/aromatic N) is 1. The van der Waals surface area contributed by atoms with E-state index in [0.29, 0.717) is 24.3 Å². The highest BCUT2D eigenvalue weighted by atomic mass is 32.2. The second-order valence-electron chi connectivity index (χ2n) is 9.15. The summed E-state index contributed by atoms with van der Waals surface area (Å²) in [5.41, 5.74) is 2.49. The number of ether oxygens (including phenoxy) is 1. The fraction of sp³-hybridized carbons (Fsp3) is 0.542. The first-order valence-corrected chi connectivity index (χ1v) is 13.2. The first-order chi connectivity index (χ1) is 15.2. The summed E-state index contributed by atoms with van der Waals surface area (Å²) < 4.78 is 48.1. The monoisotopic (exact) mass is 462 g/mol. The van der Waals surface area contributed by atoms with Crippen LogP contribution in [-0.2, 0) is 21.2 Å². The number of benzene rings is 1. The average molecular weight is 463 g/mol. The van der Waals surface area contributed by atoms with Crippen molar-refractivity contribution in [2.24, 2.45) is 0 Å². The highest BCUT2D eigenvalue weighted by Gasteiger charge is 2.33. The molecule has 1 aliphatic heterocycles. The van der Waals surface area contributed by atoms with Gasteiger partial charge >= 0.3 is 0 Å². The molecule has 1 aromatic carbocycles. The van der Waals surface area contributed by atoms with Crippen molar-refractivity contribution < 1.29 is 17.5 Å². The van der Waals surface area contributed by atoms with E-state index < -0.39 is 10.0 Å². The molecule has 2 aliphatic rings. The minimum absolute atomic E-state index is 0.0459. The molecule has 0 spiro atoms. The summed E-state index contributed by atoms with van der Waals surface area (Å²) in [5.74, 6) is 0.118. The number of hydrogen-bond acceptors (Lipinski definition) is 4. The van der Waals surface area contributed by atoms with Gasteiger partial charge in [0.05, 0.1) is 25.0 Å². The Morgan fingerprint density at radius 1 is 1.12 bits per heavy atom. The van der Waals surface area contributed by atoms with Gasteiger partial charge in [0, 0.05) is 17.3 Å². The Labute approximate surface area is 188 Å². The van der Waals surface area contributed by atoms with Crippen molar-refractivity contribution in [3.05, 3.63) is 69.4 Å². The number of pyridine rings is 1. The molecule has 8 heteroatoms. The van der Waals surface area contributed by atoms with Crippen LogP contribution < -0.4 is 10.3 Å². The van der Waals surface area contributed by atoms with Crippen molar-refractivity contribution in [2.75, 3.05) is 12.9 Å². The first kappa shape index (κ1) is 23.1. The van der Waals surface area contributed by atoms with Crippen molar-refractivity contribution in [1.29, 1.82) is 0 Å². The van der Waals surface area contributed by atoms with E-state index in [2.05, 4.69) is 4.72 Å². The lowest BCUT2D eigenvalue weighted by Gasteiger charge is -2.37. The molecule has 1 saturated carbocycles. The average Bonchev–Trinajstić information content (AvgIpc) is 2.75. The third-order valence-electron chi connectivity index (χ3n) is 6.76. The van der Waals surface area contributed by atoms with Crippen LogP contribution in [0, 0.1) is 12.7 Å². The SMILES string of the molecule is Cc1ccc2n(c1=O)C(COC1CCC(c3cccc(F)c3)CC1)C(NS(C)(=O)=O)CC2. The quantitative estimate of drug-likeness (QED) is 0.713. The molecule has 2 aromatic rings. The summed E-state index contributed by atoms with van der Waals surface area (Å²) in [4.78, 5) is 12.9. The number of sulfonamides is 1. The number of nitrogens with one attached hydrogen (secondary N) is 1. The van der Waals surface area contributed by atoms with E-state index in [0.717, 1.165) is 43.2 Å². The Kier molecular flexibility index (Phi) is 6.83. The van der Waals surface area contributed by atoms with E-state index in [1.807, 2.05) is 18.2 Å². The zero-order valence-corrected chi connectivity index (χ0v) is 19.4. The fourth-order valence-corrected chi connectivity index (χ4v) is 5.92. The first-order valence-electron chi connectivity index (χ1n) is 11.3. The van der Waals surface area contributed by atoms with E-state index in [9.17, 15) is 17.6 Å². The molecule has 2 heterocycles. The van der Waals surface area contributed by atoms with E-state index >= 15 is 0 Å². The maximum absolute atomic E-state index is 13.6. The number of halogens is 1. The van der Waals surface area contributed by atoms with E-state index in [4.69, 9.17) is 4.74 Å². The maximum atomic E-state index is 13.6. The van der Waals surface area contributed by atoms with Crippen molar-refractivity contribution in [3.8, 4) is 0 Å². The minimum atomic E-state index is -3.42. The zero-order valence-electron chi connectivity index (χ0n) is 18.6. The standard InChI is InChI=1S/C24H31FN2O4S/c1-16-6-9-20-10-13-22(26-32(2,29)30)23(27(20)24(16)28)15-31-21-11-7-17(8-12-21)18-4-3-5-19(25)14-18/h3-6,9,14,17,21-23,26H,7-8,10-13,15H2,1-2H3. The Morgan fingerprint density at radius 3 is 2.56 bits per heavy atom. The van der Waals surface area contributed by atoms with Crippen LogP contribution in [0.5, 0.6) is 0 Å². The number of rotatable bonds is 6. The molecule has 1 fully saturated rings. The Bertz CT molecular complexity index is 1120. The maximum Gasteiger partial charge on any atom is 0.254 e. The van der Waals surface area contributed by atoms with Gasteiger partial charge in [-0.05, 0) is 75.1 Å². The van der Waals surface area contributed by atoms with Gasteiger partial charge in [-0.1, -0.05) is 18.2 Å². The van der Waals surface area contributed by atoms with E-state index in [1.54, 1.807) is 23.6 Å². The number of hydrogen-bond donors (Lipinski definition) is 1. The molecule has 0 bridgehead atoms. The third kappa shape index (κ3) is 5.30. The lowest BCUT2D eigenvalue weighted by Crippen LogP contribution is -2.49. The Morgan fingerprint density at radius 2 is 1.88 bits per heavy atom. The van der Waals surface area contributed by atoms with Crippen LogP contribution >= 0.6 is 0 Å². The molecule has 174 valence electrons. The van der Waals surface area contributed by atoms with Crippen LogP contribution in [0.3, 0.4) is 0 Å². The molecule has 0 saturated heterocycles. The van der Waals surface area contributed by atoms with Gasteiger partial charge in [-0.15, -0.1) is 0 Å². The lowest BCUT2D eigenvalue weighted by molar-refractivity contribution is -0.00169. The van der Waals surface area contributed by atoms with Gasteiger partial charge in [-0.2, -0.15) is 0 Å². The minimum Gasteiger partial charge on any atom is -0.376 e. The topological polar surface area (TPSA) is 77.4 Å². The predicted molar refractivity (Wildman–Crippen MR) is 122 cm³/mol. The van der Waals surface area contributed by atoms with Gasteiger partial charge < -0.3 is 9.30 Å². The molecule has 1 N–H and O–H groups in total. The Hall–Kier alpha value is -2.03. The van der Waals surface area contributed by atoms with Crippen LogP contribution in [-0.4, -0.2) is 38.0 Å². The lowest BCUT2D eigenvalue weighted by atomic mass is 9.82. The summed E-state index contributed by atoms with van der Waals surface area (Å²) in [6, 6.07) is 9.80. The molecule has 4 rings (SSSR count). The molecule has 2 unspecified atom stereocenters. The summed E-state index contributed by atoms with van der Waals surface area (Å²) >= 11 is 0. The number of aromatic nitrogens is 1. The normalized spacial score (nSPS) is 26.0. The second kappa shape index (κ2) is 9.45. The number of fused-ring (bicyclic) bond motifs is 1. The van der Waals surface area contributed by atoms with Crippen LogP contribution in [0.15, 0.2) is 41.2 Å². The van der Waals surface area contributed by atoms with Gasteiger partial charge in [0.25, 0.3) is 5.56 Å². The van der Waals surface area contributed by atoms with E-state index in [1.165, 1.54) is 6.07 Å². The van der Waals surface area contributed by atoms with Crippen LogP contribution in [0.25, 0.3) is 0 Å². The smallest absolute Gasteiger partial charge is 0.254 e. The molecule has 6 nitrogen and oxygen atoms in total. The van der Waals surface area contributed by atoms with Crippen LogP contribution in [0.4, 0.5) is 4.39 Å². The molecular formula is C24H31FN2O4S. The largest absolute Gasteiger partial charge is 0.376 e. The van der Waals surface area contributed by atoms with Gasteiger partial charge in [0.1, 0.15) is 5.82 Å². The van der Waals surface area contributed by atoms with Gasteiger partial charge in [-0.25, -0.2) is 17.5 Å². The van der Waals surface area contributed by atoms with Crippen molar-refractivity contribution in [1.82, 2.24) is 9.29 Å². The van der Waals surface area contributed by atoms with E-state index in [-0.39, 0.29) is 36.2 Å². The Balaban J connectivity index is 1.46. The zero-order chi connectivity index (χ0) is 22.9. The van der Waals surface area contributed by atoms with Gasteiger partial charge in [-0.3, -0.25) is 4.79 Å². The summed E-state index contributed by atoms with van der Waals surface area (Å²) in [6.07, 6.45) is 5.99. The van der Waals surface area contributed by atoms with Gasteiger partial charge in [0.2, 0.25) is 10.0 Å². The molecule has 2 atom stereocenters. The highest BCUT2D eigenvalue weighted by Crippen LogP contribution is 2.35. The summed E-state index contributed by atoms with van der Waals surface area (Å²) in [7, 11) is -3.42. The molecule has 32 heavy (non-hydrogen) atoms. The molecule has 1 aromatic heterocycles. The van der Waals surface area contributed by atoms with Crippen molar-refractivity contribution in [2.45, 2.75) is 69.6 Å². The van der Waals surface area contributed by atoms with Crippen LogP contribution in [0.2, 0.25) is 0 Å². The molecular weight excluding hydrogens is 431 g/mol. The number of aryl methyl sites for hydroxylation is 2. The second-order valence-corrected chi connectivity index (χ2v) is 10.9. The van der Waals surface area contributed by atoms with Crippen LogP contribution in [0.1, 0.15) is 60.9 Å². The summed E-state index contributed by atoms with van der Waals surface area (Å²) in [6.45, 7) is 2.05.